The van der Waals surface area contributed by atoms with Crippen molar-refractivity contribution in [1.29, 1.82) is 0 Å². The third kappa shape index (κ3) is 3.27. The van der Waals surface area contributed by atoms with E-state index in [9.17, 15) is 9.59 Å². The smallest absolute Gasteiger partial charge is 0.236 e. The third-order valence-corrected chi connectivity index (χ3v) is 5.26. The molecule has 0 aromatic heterocycles. The molecule has 0 aromatic carbocycles. The minimum Gasteiger partial charge on any atom is -0.378 e. The van der Waals surface area contributed by atoms with Crippen molar-refractivity contribution in [1.82, 2.24) is 14.7 Å². The van der Waals surface area contributed by atoms with Crippen molar-refractivity contribution in [3.63, 3.8) is 0 Å². The number of rotatable bonds is 3. The number of carbonyl (C=O) groups is 2. The second kappa shape index (κ2) is 6.96. The van der Waals surface area contributed by atoms with Crippen LogP contribution in [0.15, 0.2) is 0 Å². The van der Waals surface area contributed by atoms with Crippen molar-refractivity contribution in [2.45, 2.75) is 44.7 Å². The maximum atomic E-state index is 12.5. The lowest BCUT2D eigenvalue weighted by atomic mass is 10.0. The van der Waals surface area contributed by atoms with E-state index < -0.39 is 0 Å². The van der Waals surface area contributed by atoms with Crippen molar-refractivity contribution in [2.24, 2.45) is 0 Å². The molecule has 2 atom stereocenters. The Bertz CT molecular complexity index is 423. The number of nitrogens with zero attached hydrogens (tertiary/aromatic N) is 3. The average Bonchev–Trinajstić information content (AvgIpc) is 3.16. The lowest BCUT2D eigenvalue weighted by Crippen LogP contribution is -2.51. The van der Waals surface area contributed by atoms with E-state index in [1.807, 2.05) is 9.80 Å². The zero-order chi connectivity index (χ0) is 15.5. The molecule has 0 N–H and O–H groups in total. The second-order valence-corrected chi connectivity index (χ2v) is 6.60. The highest BCUT2D eigenvalue weighted by Gasteiger charge is 2.39. The summed E-state index contributed by atoms with van der Waals surface area (Å²) in [5.41, 5.74) is 0. The molecule has 3 aliphatic rings. The molecule has 3 saturated heterocycles. The number of hydrogen-bond donors (Lipinski definition) is 0. The molecule has 2 amide bonds. The van der Waals surface area contributed by atoms with Gasteiger partial charge < -0.3 is 14.5 Å². The van der Waals surface area contributed by atoms with Gasteiger partial charge in [0, 0.05) is 38.6 Å². The van der Waals surface area contributed by atoms with Crippen LogP contribution in [0.4, 0.5) is 0 Å². The molecule has 0 aromatic rings. The summed E-state index contributed by atoms with van der Waals surface area (Å²) in [5.74, 6) is 0.386. The Kier molecular flexibility index (Phi) is 4.98. The van der Waals surface area contributed by atoms with Crippen LogP contribution in [0.25, 0.3) is 0 Å². The van der Waals surface area contributed by atoms with Crippen LogP contribution in [0.3, 0.4) is 0 Å². The van der Waals surface area contributed by atoms with Gasteiger partial charge in [-0.3, -0.25) is 14.5 Å². The molecule has 0 spiro atoms. The highest BCUT2D eigenvalue weighted by Crippen LogP contribution is 2.30. The van der Waals surface area contributed by atoms with E-state index in [2.05, 4.69) is 4.90 Å². The average molecular weight is 309 g/mol. The highest BCUT2D eigenvalue weighted by molar-refractivity contribution is 5.78. The topological polar surface area (TPSA) is 53.1 Å². The maximum absolute atomic E-state index is 12.5. The lowest BCUT2D eigenvalue weighted by molar-refractivity contribution is -0.137. The summed E-state index contributed by atoms with van der Waals surface area (Å²) >= 11 is 0. The molecule has 0 bridgehead atoms. The Morgan fingerprint density at radius 1 is 1.00 bits per heavy atom. The van der Waals surface area contributed by atoms with E-state index in [0.29, 0.717) is 44.9 Å². The summed E-state index contributed by atoms with van der Waals surface area (Å²) in [6, 6.07) is 0.661. The van der Waals surface area contributed by atoms with Gasteiger partial charge in [0.1, 0.15) is 0 Å². The van der Waals surface area contributed by atoms with Crippen LogP contribution in [0.2, 0.25) is 0 Å². The fourth-order valence-electron chi connectivity index (χ4n) is 4.15. The first kappa shape index (κ1) is 15.7. The molecular weight excluding hydrogens is 282 g/mol. The summed E-state index contributed by atoms with van der Waals surface area (Å²) in [6.45, 7) is 6.72. The lowest BCUT2D eigenvalue weighted by Gasteiger charge is -2.35. The minimum absolute atomic E-state index is 0.175. The Hall–Kier alpha value is -1.14. The van der Waals surface area contributed by atoms with Gasteiger partial charge in [-0.05, 0) is 32.2 Å². The zero-order valence-electron chi connectivity index (χ0n) is 13.5. The molecule has 124 valence electrons. The summed E-state index contributed by atoms with van der Waals surface area (Å²) in [4.78, 5) is 30.5. The zero-order valence-corrected chi connectivity index (χ0v) is 13.5. The van der Waals surface area contributed by atoms with Crippen LogP contribution in [-0.4, -0.2) is 84.5 Å². The first-order chi connectivity index (χ1) is 10.7. The fourth-order valence-corrected chi connectivity index (χ4v) is 4.15. The largest absolute Gasteiger partial charge is 0.378 e. The summed E-state index contributed by atoms with van der Waals surface area (Å²) in [7, 11) is 0. The van der Waals surface area contributed by atoms with Crippen molar-refractivity contribution in [3.8, 4) is 0 Å². The Balaban J connectivity index is 1.60. The molecule has 3 heterocycles. The number of carbonyl (C=O) groups excluding carboxylic acids is 2. The van der Waals surface area contributed by atoms with Gasteiger partial charge in [-0.15, -0.1) is 0 Å². The number of morpholine rings is 1. The number of hydrogen-bond acceptors (Lipinski definition) is 4. The van der Waals surface area contributed by atoms with Gasteiger partial charge in [0.2, 0.25) is 11.8 Å². The molecule has 3 aliphatic heterocycles. The molecule has 3 rings (SSSR count). The predicted octanol–water partition coefficient (Wildman–Crippen LogP) is 0.321. The summed E-state index contributed by atoms with van der Waals surface area (Å²) in [5, 5.41) is 0. The molecule has 0 aliphatic carbocycles. The van der Waals surface area contributed by atoms with Crippen LogP contribution in [0.1, 0.15) is 32.6 Å². The molecule has 0 saturated carbocycles. The fraction of sp³-hybridized carbons (Fsp3) is 0.875. The van der Waals surface area contributed by atoms with E-state index in [4.69, 9.17) is 4.74 Å². The Labute approximate surface area is 132 Å². The maximum Gasteiger partial charge on any atom is 0.236 e. The van der Waals surface area contributed by atoms with Crippen LogP contribution in [0, 0.1) is 0 Å². The molecule has 0 radical (unpaired) electrons. The van der Waals surface area contributed by atoms with Crippen LogP contribution < -0.4 is 0 Å². The van der Waals surface area contributed by atoms with Crippen molar-refractivity contribution in [3.05, 3.63) is 0 Å². The van der Waals surface area contributed by atoms with E-state index in [1.54, 1.807) is 6.92 Å². The van der Waals surface area contributed by atoms with Gasteiger partial charge >= 0.3 is 0 Å². The van der Waals surface area contributed by atoms with Crippen molar-refractivity contribution < 1.29 is 14.3 Å². The van der Waals surface area contributed by atoms with Gasteiger partial charge in [0.05, 0.1) is 19.8 Å². The Morgan fingerprint density at radius 3 is 2.41 bits per heavy atom. The summed E-state index contributed by atoms with van der Waals surface area (Å²) < 4.78 is 5.31. The van der Waals surface area contributed by atoms with Gasteiger partial charge in [-0.1, -0.05) is 0 Å². The van der Waals surface area contributed by atoms with E-state index in [0.717, 1.165) is 38.8 Å². The first-order valence-electron chi connectivity index (χ1n) is 8.53. The summed E-state index contributed by atoms with van der Waals surface area (Å²) in [6.07, 6.45) is 4.40. The quantitative estimate of drug-likeness (QED) is 0.753. The van der Waals surface area contributed by atoms with Crippen LogP contribution in [-0.2, 0) is 14.3 Å². The van der Waals surface area contributed by atoms with Gasteiger partial charge in [0.15, 0.2) is 0 Å². The SMILES string of the molecule is CC(=O)N1CCC[C@@H]1[C@@H]1CCCN1CC(=O)N1CCOCC1. The van der Waals surface area contributed by atoms with E-state index >= 15 is 0 Å². The first-order valence-corrected chi connectivity index (χ1v) is 8.53. The van der Waals surface area contributed by atoms with E-state index in [1.165, 1.54) is 0 Å². The van der Waals surface area contributed by atoms with Crippen LogP contribution >= 0.6 is 0 Å². The second-order valence-electron chi connectivity index (χ2n) is 6.60. The molecule has 3 fully saturated rings. The molecular formula is C16H27N3O3. The van der Waals surface area contributed by atoms with E-state index in [-0.39, 0.29) is 11.8 Å². The normalized spacial score (nSPS) is 30.0. The standard InChI is InChI=1S/C16H27N3O3/c1-13(20)19-7-3-5-15(19)14-4-2-6-18(14)12-16(21)17-8-10-22-11-9-17/h14-15H,2-12H2,1H3/t14-,15+/m0/s1. The van der Waals surface area contributed by atoms with Gasteiger partial charge in [-0.25, -0.2) is 0 Å². The monoisotopic (exact) mass is 309 g/mol. The minimum atomic E-state index is 0.175. The van der Waals surface area contributed by atoms with Crippen LogP contribution in [0.5, 0.6) is 0 Å². The number of likely N-dealkylation sites (tertiary alicyclic amines) is 2. The third-order valence-electron chi connectivity index (χ3n) is 5.26. The molecule has 22 heavy (non-hydrogen) atoms. The predicted molar refractivity (Wildman–Crippen MR) is 82.4 cm³/mol. The molecule has 6 heteroatoms. The highest BCUT2D eigenvalue weighted by atomic mass is 16.5. The number of ether oxygens (including phenoxy) is 1. The Morgan fingerprint density at radius 2 is 1.68 bits per heavy atom. The molecule has 6 nitrogen and oxygen atoms in total. The van der Waals surface area contributed by atoms with Gasteiger partial charge in [0.25, 0.3) is 0 Å². The number of amides is 2. The van der Waals surface area contributed by atoms with Gasteiger partial charge in [-0.2, -0.15) is 0 Å². The van der Waals surface area contributed by atoms with Crippen molar-refractivity contribution in [2.75, 3.05) is 45.9 Å². The molecule has 0 unspecified atom stereocenters. The van der Waals surface area contributed by atoms with Crippen molar-refractivity contribution >= 4 is 11.8 Å².